The zero-order valence-electron chi connectivity index (χ0n) is 20.1. The Balaban J connectivity index is 1.41. The van der Waals surface area contributed by atoms with E-state index in [2.05, 4.69) is 38.6 Å². The van der Waals surface area contributed by atoms with Crippen LogP contribution in [0.5, 0.6) is 11.6 Å². The van der Waals surface area contributed by atoms with E-state index in [9.17, 15) is 0 Å². The van der Waals surface area contributed by atoms with E-state index in [1.54, 1.807) is 29.8 Å². The molecular weight excluding hydrogens is 482 g/mol. The van der Waals surface area contributed by atoms with Gasteiger partial charge in [-0.2, -0.15) is 0 Å². The number of aromatic nitrogens is 3. The molecule has 9 heteroatoms. The summed E-state index contributed by atoms with van der Waals surface area (Å²) in [5, 5.41) is 7.06. The van der Waals surface area contributed by atoms with Crippen LogP contribution in [0.3, 0.4) is 0 Å². The highest BCUT2D eigenvalue weighted by atomic mass is 32.1. The maximum atomic E-state index is 6.51. The molecule has 0 aliphatic rings. The molecule has 3 aromatic heterocycles. The van der Waals surface area contributed by atoms with Crippen LogP contribution in [0.1, 0.15) is 10.4 Å². The number of nitrogens with zero attached hydrogens (tertiary/aromatic N) is 3. The number of nitrogens with one attached hydrogen (secondary N) is 1. The van der Waals surface area contributed by atoms with Gasteiger partial charge in [-0.25, -0.2) is 15.0 Å². The SMILES string of the molecule is Cc1csc(/C(N)=c2\cccc\c2=C(\N)Nc2ccc(Oc3ncccc3-c3ccnc(N)n3)cc2)c1. The number of hydrogen-bond donors (Lipinski definition) is 4. The van der Waals surface area contributed by atoms with Gasteiger partial charge >= 0.3 is 0 Å². The molecule has 0 amide bonds. The number of rotatable bonds is 6. The van der Waals surface area contributed by atoms with E-state index in [-0.39, 0.29) is 5.95 Å². The van der Waals surface area contributed by atoms with Crippen molar-refractivity contribution in [2.24, 2.45) is 11.5 Å². The molecule has 8 nitrogen and oxygen atoms in total. The van der Waals surface area contributed by atoms with E-state index in [0.29, 0.717) is 34.4 Å². The first kappa shape index (κ1) is 23.8. The minimum atomic E-state index is 0.183. The lowest BCUT2D eigenvalue weighted by Gasteiger charge is -2.11. The monoisotopic (exact) mass is 507 g/mol. The summed E-state index contributed by atoms with van der Waals surface area (Å²) < 4.78 is 6.05. The first-order chi connectivity index (χ1) is 18.0. The van der Waals surface area contributed by atoms with Crippen LogP contribution in [0, 0.1) is 6.92 Å². The maximum Gasteiger partial charge on any atom is 0.228 e. The number of pyridine rings is 1. The molecule has 0 bridgehead atoms. The van der Waals surface area contributed by atoms with Gasteiger partial charge in [-0.1, -0.05) is 24.3 Å². The van der Waals surface area contributed by atoms with Crippen molar-refractivity contribution in [3.63, 3.8) is 0 Å². The molecule has 0 unspecified atom stereocenters. The fourth-order valence-electron chi connectivity index (χ4n) is 3.79. The topological polar surface area (TPSA) is 138 Å². The minimum absolute atomic E-state index is 0.183. The molecular formula is C28H25N7OS. The van der Waals surface area contributed by atoms with Crippen molar-refractivity contribution < 1.29 is 4.74 Å². The Morgan fingerprint density at radius 1 is 0.892 bits per heavy atom. The number of thiophene rings is 1. The van der Waals surface area contributed by atoms with Crippen molar-refractivity contribution in [2.75, 3.05) is 11.1 Å². The van der Waals surface area contributed by atoms with Gasteiger partial charge in [0.05, 0.1) is 21.8 Å². The lowest BCUT2D eigenvalue weighted by atomic mass is 10.1. The number of aryl methyl sites for hydroxylation is 1. The molecule has 7 N–H and O–H groups in total. The predicted octanol–water partition coefficient (Wildman–Crippen LogP) is 3.53. The third-order valence-electron chi connectivity index (χ3n) is 5.57. The summed E-state index contributed by atoms with van der Waals surface area (Å²) in [5.41, 5.74) is 22.7. The highest BCUT2D eigenvalue weighted by molar-refractivity contribution is 7.11. The molecule has 0 aliphatic heterocycles. The fourth-order valence-corrected chi connectivity index (χ4v) is 4.66. The lowest BCUT2D eigenvalue weighted by molar-refractivity contribution is 0.465. The van der Waals surface area contributed by atoms with E-state index >= 15 is 0 Å². The quantitative estimate of drug-likeness (QED) is 0.274. The Morgan fingerprint density at radius 3 is 2.41 bits per heavy atom. The molecule has 5 rings (SSSR count). The van der Waals surface area contributed by atoms with Gasteiger partial charge in [0.1, 0.15) is 11.6 Å². The molecule has 0 atom stereocenters. The van der Waals surface area contributed by atoms with Crippen LogP contribution >= 0.6 is 11.3 Å². The van der Waals surface area contributed by atoms with Crippen LogP contribution in [0.25, 0.3) is 22.8 Å². The zero-order valence-corrected chi connectivity index (χ0v) is 20.9. The maximum absolute atomic E-state index is 6.51. The molecule has 0 aliphatic carbocycles. The summed E-state index contributed by atoms with van der Waals surface area (Å²) in [6.07, 6.45) is 3.26. The van der Waals surface area contributed by atoms with Crippen molar-refractivity contribution in [1.29, 1.82) is 0 Å². The third kappa shape index (κ3) is 5.36. The average Bonchev–Trinajstić information content (AvgIpc) is 3.36. The Labute approximate surface area is 217 Å². The van der Waals surface area contributed by atoms with Gasteiger partial charge in [-0.05, 0) is 66.4 Å². The smallest absolute Gasteiger partial charge is 0.228 e. The molecule has 2 aromatic carbocycles. The lowest BCUT2D eigenvalue weighted by Crippen LogP contribution is -2.35. The molecule has 0 fully saturated rings. The van der Waals surface area contributed by atoms with Crippen LogP contribution in [0.2, 0.25) is 0 Å². The second-order valence-electron chi connectivity index (χ2n) is 8.27. The van der Waals surface area contributed by atoms with Crippen molar-refractivity contribution >= 4 is 34.5 Å². The summed E-state index contributed by atoms with van der Waals surface area (Å²) in [6, 6.07) is 22.8. The summed E-state index contributed by atoms with van der Waals surface area (Å²) in [4.78, 5) is 13.6. The predicted molar refractivity (Wildman–Crippen MR) is 149 cm³/mol. The largest absolute Gasteiger partial charge is 0.438 e. The van der Waals surface area contributed by atoms with Gasteiger partial charge in [0.2, 0.25) is 11.8 Å². The van der Waals surface area contributed by atoms with E-state index in [4.69, 9.17) is 21.9 Å². The van der Waals surface area contributed by atoms with Gasteiger partial charge < -0.3 is 27.3 Å². The standard InChI is InChI=1S/C28H25N7OS/c1-17-15-24(37-16-17)25(29)20-5-2-3-6-21(20)26(30)34-18-8-10-19(11-9-18)36-27-22(7-4-13-32-27)23-12-14-33-28(31)35-23/h2-16,34H,29-30H2,1H3,(H2,31,33,35)/b25-20-,26-21+. The Morgan fingerprint density at radius 2 is 1.68 bits per heavy atom. The number of anilines is 2. The van der Waals surface area contributed by atoms with Gasteiger partial charge in [-0.3, -0.25) is 0 Å². The van der Waals surface area contributed by atoms with E-state index < -0.39 is 0 Å². The van der Waals surface area contributed by atoms with Gasteiger partial charge in [-0.15, -0.1) is 11.3 Å². The fraction of sp³-hybridized carbons (Fsp3) is 0.0357. The van der Waals surface area contributed by atoms with Gasteiger partial charge in [0.15, 0.2) is 0 Å². The number of benzene rings is 2. The highest BCUT2D eigenvalue weighted by Gasteiger charge is 2.11. The van der Waals surface area contributed by atoms with E-state index in [1.807, 2.05) is 60.7 Å². The second-order valence-corrected chi connectivity index (χ2v) is 9.18. The Hall–Kier alpha value is -4.89. The van der Waals surface area contributed by atoms with Crippen LogP contribution in [0.15, 0.2) is 90.6 Å². The number of nitrogen functional groups attached to an aromatic ring is 1. The molecule has 5 aromatic rings. The summed E-state index contributed by atoms with van der Waals surface area (Å²) in [7, 11) is 0. The molecule has 0 radical (unpaired) electrons. The first-order valence-corrected chi connectivity index (χ1v) is 12.3. The van der Waals surface area contributed by atoms with Gasteiger partial charge in [0.25, 0.3) is 0 Å². The van der Waals surface area contributed by atoms with Crippen LogP contribution < -0.4 is 37.7 Å². The summed E-state index contributed by atoms with van der Waals surface area (Å²) in [5.74, 6) is 1.70. The third-order valence-corrected chi connectivity index (χ3v) is 6.65. The Kier molecular flexibility index (Phi) is 6.69. The summed E-state index contributed by atoms with van der Waals surface area (Å²) >= 11 is 1.61. The number of ether oxygens (including phenoxy) is 1. The zero-order chi connectivity index (χ0) is 25.8. The summed E-state index contributed by atoms with van der Waals surface area (Å²) in [6.45, 7) is 2.05. The minimum Gasteiger partial charge on any atom is -0.438 e. The molecule has 0 saturated carbocycles. The second kappa shape index (κ2) is 10.4. The Bertz CT molecular complexity index is 1680. The van der Waals surface area contributed by atoms with Crippen molar-refractivity contribution in [3.8, 4) is 22.9 Å². The molecule has 37 heavy (non-hydrogen) atoms. The van der Waals surface area contributed by atoms with E-state index in [1.165, 1.54) is 5.56 Å². The van der Waals surface area contributed by atoms with Gasteiger partial charge in [0, 0.05) is 28.5 Å². The van der Waals surface area contributed by atoms with E-state index in [0.717, 1.165) is 21.0 Å². The molecule has 0 saturated heterocycles. The van der Waals surface area contributed by atoms with Crippen molar-refractivity contribution in [3.05, 3.63) is 111 Å². The highest BCUT2D eigenvalue weighted by Crippen LogP contribution is 2.30. The van der Waals surface area contributed by atoms with Crippen molar-refractivity contribution in [1.82, 2.24) is 15.0 Å². The van der Waals surface area contributed by atoms with Crippen molar-refractivity contribution in [2.45, 2.75) is 6.92 Å². The molecule has 3 heterocycles. The number of hydrogen-bond acceptors (Lipinski definition) is 9. The molecule has 184 valence electrons. The normalized spacial score (nSPS) is 12.6. The van der Waals surface area contributed by atoms with Crippen LogP contribution in [-0.2, 0) is 0 Å². The van der Waals surface area contributed by atoms with Crippen LogP contribution in [-0.4, -0.2) is 15.0 Å². The molecule has 0 spiro atoms. The van der Waals surface area contributed by atoms with Crippen LogP contribution in [0.4, 0.5) is 11.6 Å². The number of nitrogens with two attached hydrogens (primary N) is 3. The first-order valence-electron chi connectivity index (χ1n) is 11.5. The average molecular weight is 508 g/mol.